The molecule has 0 unspecified atom stereocenters. The SMILES string of the molecule is CCOc1cc(/C=C2\SC(=S)N(NC(=O)c3cccc(Cl)c3)C2=O)cc(Br)c1OCc1ccccc1Cl. The minimum atomic E-state index is -0.499. The van der Waals surface area contributed by atoms with Gasteiger partial charge in [0.05, 0.1) is 16.0 Å². The van der Waals surface area contributed by atoms with E-state index in [9.17, 15) is 9.59 Å². The van der Waals surface area contributed by atoms with Crippen molar-refractivity contribution in [3.8, 4) is 11.5 Å². The lowest BCUT2D eigenvalue weighted by atomic mass is 10.1. The Morgan fingerprint density at radius 2 is 1.92 bits per heavy atom. The van der Waals surface area contributed by atoms with Gasteiger partial charge in [-0.2, -0.15) is 5.01 Å². The number of hydrogen-bond acceptors (Lipinski definition) is 6. The second kappa shape index (κ2) is 12.3. The maximum atomic E-state index is 13.0. The van der Waals surface area contributed by atoms with Crippen molar-refractivity contribution in [2.75, 3.05) is 6.61 Å². The highest BCUT2D eigenvalue weighted by molar-refractivity contribution is 9.10. The number of thiocarbonyl (C=S) groups is 1. The van der Waals surface area contributed by atoms with Gasteiger partial charge in [-0.05, 0) is 83.1 Å². The van der Waals surface area contributed by atoms with Gasteiger partial charge >= 0.3 is 0 Å². The van der Waals surface area contributed by atoms with Crippen LogP contribution in [0.1, 0.15) is 28.4 Å². The molecule has 1 heterocycles. The second-order valence-electron chi connectivity index (χ2n) is 7.61. The molecule has 4 rings (SSSR count). The molecule has 1 aliphatic heterocycles. The Morgan fingerprint density at radius 1 is 1.14 bits per heavy atom. The maximum Gasteiger partial charge on any atom is 0.285 e. The summed E-state index contributed by atoms with van der Waals surface area (Å²) in [5, 5.41) is 2.07. The first kappa shape index (κ1) is 27.5. The highest BCUT2D eigenvalue weighted by atomic mass is 79.9. The molecule has 0 spiro atoms. The predicted molar refractivity (Wildman–Crippen MR) is 155 cm³/mol. The number of halogens is 3. The number of ether oxygens (including phenoxy) is 2. The van der Waals surface area contributed by atoms with E-state index in [2.05, 4.69) is 21.4 Å². The molecule has 1 N–H and O–H groups in total. The molecule has 0 atom stereocenters. The van der Waals surface area contributed by atoms with Crippen LogP contribution in [0.15, 0.2) is 70.0 Å². The normalized spacial score (nSPS) is 14.3. The van der Waals surface area contributed by atoms with Gasteiger partial charge in [-0.15, -0.1) is 0 Å². The van der Waals surface area contributed by atoms with Gasteiger partial charge in [0.2, 0.25) is 0 Å². The summed E-state index contributed by atoms with van der Waals surface area (Å²) < 4.78 is 12.7. The summed E-state index contributed by atoms with van der Waals surface area (Å²) in [6.07, 6.45) is 1.68. The molecule has 3 aromatic rings. The molecule has 3 aromatic carbocycles. The van der Waals surface area contributed by atoms with Gasteiger partial charge in [0.1, 0.15) is 6.61 Å². The van der Waals surface area contributed by atoms with Crippen molar-refractivity contribution in [3.05, 3.63) is 96.8 Å². The number of thioether (sulfide) groups is 1. The summed E-state index contributed by atoms with van der Waals surface area (Å²) in [5.74, 6) is 0.0696. The number of carbonyl (C=O) groups is 2. The van der Waals surface area contributed by atoms with Gasteiger partial charge in [-0.25, -0.2) is 0 Å². The molecule has 0 bridgehead atoms. The Balaban J connectivity index is 1.54. The Hall–Kier alpha value is -2.56. The third-order valence-corrected chi connectivity index (χ3v) is 7.55. The summed E-state index contributed by atoms with van der Waals surface area (Å²) in [6.45, 7) is 2.53. The highest BCUT2D eigenvalue weighted by Gasteiger charge is 2.34. The first-order chi connectivity index (χ1) is 17.8. The van der Waals surface area contributed by atoms with Gasteiger partial charge in [0.15, 0.2) is 15.8 Å². The van der Waals surface area contributed by atoms with E-state index >= 15 is 0 Å². The monoisotopic (exact) mass is 636 g/mol. The van der Waals surface area contributed by atoms with Crippen LogP contribution in [-0.4, -0.2) is 27.8 Å². The average Bonchev–Trinajstić information content (AvgIpc) is 3.12. The van der Waals surface area contributed by atoms with Crippen molar-refractivity contribution >= 4 is 85.3 Å². The molecular weight excluding hydrogens is 619 g/mol. The number of nitrogens with zero attached hydrogens (tertiary/aromatic N) is 1. The van der Waals surface area contributed by atoms with Crippen LogP contribution >= 0.6 is 63.1 Å². The zero-order valence-corrected chi connectivity index (χ0v) is 24.0. The van der Waals surface area contributed by atoms with Crippen molar-refractivity contribution in [1.82, 2.24) is 10.4 Å². The summed E-state index contributed by atoms with van der Waals surface area (Å²) in [6, 6.07) is 17.4. The van der Waals surface area contributed by atoms with Crippen LogP contribution in [0.4, 0.5) is 0 Å². The van der Waals surface area contributed by atoms with Gasteiger partial charge < -0.3 is 9.47 Å². The van der Waals surface area contributed by atoms with E-state index in [1.807, 2.05) is 31.2 Å². The minimum Gasteiger partial charge on any atom is -0.490 e. The average molecular weight is 638 g/mol. The van der Waals surface area contributed by atoms with Crippen LogP contribution in [0.25, 0.3) is 6.08 Å². The Morgan fingerprint density at radius 3 is 2.65 bits per heavy atom. The summed E-state index contributed by atoms with van der Waals surface area (Å²) in [5.41, 5.74) is 4.38. The van der Waals surface area contributed by atoms with Crippen molar-refractivity contribution in [1.29, 1.82) is 0 Å². The van der Waals surface area contributed by atoms with Gasteiger partial charge in [0.25, 0.3) is 11.8 Å². The zero-order valence-electron chi connectivity index (χ0n) is 19.3. The molecule has 190 valence electrons. The van der Waals surface area contributed by atoms with Crippen LogP contribution in [0, 0.1) is 0 Å². The fourth-order valence-corrected chi connectivity index (χ4v) is 5.49. The largest absolute Gasteiger partial charge is 0.490 e. The molecule has 6 nitrogen and oxygen atoms in total. The van der Waals surface area contributed by atoms with E-state index in [4.69, 9.17) is 44.9 Å². The number of amides is 2. The van der Waals surface area contributed by atoms with E-state index < -0.39 is 11.8 Å². The second-order valence-corrected chi connectivity index (χ2v) is 11.0. The number of nitrogens with one attached hydrogen (secondary N) is 1. The van der Waals surface area contributed by atoms with Gasteiger partial charge in [-0.1, -0.05) is 59.2 Å². The number of rotatable bonds is 8. The smallest absolute Gasteiger partial charge is 0.285 e. The Bertz CT molecular complexity index is 1420. The van der Waals surface area contributed by atoms with Crippen molar-refractivity contribution in [2.45, 2.75) is 13.5 Å². The number of hydrogen-bond donors (Lipinski definition) is 1. The van der Waals surface area contributed by atoms with Crippen LogP contribution < -0.4 is 14.9 Å². The first-order valence-electron chi connectivity index (χ1n) is 10.9. The zero-order chi connectivity index (χ0) is 26.5. The molecule has 0 aliphatic carbocycles. The third kappa shape index (κ3) is 6.66. The Labute approximate surface area is 242 Å². The lowest BCUT2D eigenvalue weighted by Crippen LogP contribution is -2.44. The van der Waals surface area contributed by atoms with E-state index in [0.29, 0.717) is 48.7 Å². The summed E-state index contributed by atoms with van der Waals surface area (Å²) >= 11 is 22.2. The predicted octanol–water partition coefficient (Wildman–Crippen LogP) is 7.28. The number of benzene rings is 3. The van der Waals surface area contributed by atoms with E-state index in [0.717, 1.165) is 22.3 Å². The molecule has 1 aliphatic rings. The molecule has 11 heteroatoms. The van der Waals surface area contributed by atoms with E-state index in [-0.39, 0.29) is 10.9 Å². The number of hydrazine groups is 1. The van der Waals surface area contributed by atoms with E-state index in [1.54, 1.807) is 36.4 Å². The van der Waals surface area contributed by atoms with E-state index in [1.165, 1.54) is 6.07 Å². The molecular formula is C26H19BrCl2N2O4S2. The van der Waals surface area contributed by atoms with Crippen LogP contribution in [-0.2, 0) is 11.4 Å². The molecule has 2 amide bonds. The molecule has 37 heavy (non-hydrogen) atoms. The third-order valence-electron chi connectivity index (χ3n) is 5.05. The minimum absolute atomic E-state index is 0.204. The lowest BCUT2D eigenvalue weighted by Gasteiger charge is -2.16. The standard InChI is InChI=1S/C26H19BrCl2N2O4S2/c1-2-34-21-11-15(10-19(27)23(21)35-14-17-6-3-4-9-20(17)29)12-22-25(33)31(26(36)37-22)30-24(32)16-7-5-8-18(28)13-16/h3-13H,2,14H2,1H3,(H,30,32)/b22-12-. The molecule has 0 radical (unpaired) electrons. The molecule has 0 aromatic heterocycles. The number of carbonyl (C=O) groups excluding carboxylic acids is 2. The molecule has 0 saturated carbocycles. The summed E-state index contributed by atoms with van der Waals surface area (Å²) in [4.78, 5) is 26.0. The van der Waals surface area contributed by atoms with Crippen LogP contribution in [0.5, 0.6) is 11.5 Å². The van der Waals surface area contributed by atoms with Crippen LogP contribution in [0.3, 0.4) is 0 Å². The maximum absolute atomic E-state index is 13.0. The lowest BCUT2D eigenvalue weighted by molar-refractivity contribution is -0.123. The summed E-state index contributed by atoms with van der Waals surface area (Å²) in [7, 11) is 0. The highest BCUT2D eigenvalue weighted by Crippen LogP contribution is 2.40. The van der Waals surface area contributed by atoms with Crippen LogP contribution in [0.2, 0.25) is 10.0 Å². The quantitative estimate of drug-likeness (QED) is 0.207. The first-order valence-corrected chi connectivity index (χ1v) is 13.7. The van der Waals surface area contributed by atoms with Gasteiger partial charge in [-0.3, -0.25) is 15.0 Å². The Kier molecular flexibility index (Phi) is 9.15. The van der Waals surface area contributed by atoms with Crippen molar-refractivity contribution in [3.63, 3.8) is 0 Å². The molecule has 1 saturated heterocycles. The molecule has 1 fully saturated rings. The topological polar surface area (TPSA) is 67.9 Å². The fourth-order valence-electron chi connectivity index (χ4n) is 3.35. The fraction of sp³-hybridized carbons (Fsp3) is 0.115. The van der Waals surface area contributed by atoms with Gasteiger partial charge in [0, 0.05) is 21.2 Å². The van der Waals surface area contributed by atoms with Crippen molar-refractivity contribution in [2.24, 2.45) is 0 Å². The van der Waals surface area contributed by atoms with Crippen molar-refractivity contribution < 1.29 is 19.1 Å².